The van der Waals surface area contributed by atoms with E-state index in [1.807, 2.05) is 67.6 Å². The maximum atomic E-state index is 15.0. The second kappa shape index (κ2) is 11.8. The summed E-state index contributed by atoms with van der Waals surface area (Å²) in [6.07, 6.45) is 0.944. The fraction of sp³-hybridized carbons (Fsp3) is 0.231. The van der Waals surface area contributed by atoms with Crippen molar-refractivity contribution in [3.63, 3.8) is 0 Å². The number of carbonyl (C=O) groups excluding carboxylic acids is 4. The van der Waals surface area contributed by atoms with Crippen molar-refractivity contribution >= 4 is 92.6 Å². The predicted molar refractivity (Wildman–Crippen MR) is 192 cm³/mol. The van der Waals surface area contributed by atoms with E-state index in [9.17, 15) is 9.59 Å². The van der Waals surface area contributed by atoms with Crippen molar-refractivity contribution < 1.29 is 19.2 Å². The zero-order valence-electron chi connectivity index (χ0n) is 26.1. The summed E-state index contributed by atoms with van der Waals surface area (Å²) in [5.41, 5.74) is 2.58. The van der Waals surface area contributed by atoms with Gasteiger partial charge in [0.25, 0.3) is 0 Å². The molecule has 49 heavy (non-hydrogen) atoms. The molecule has 4 unspecified atom stereocenters. The van der Waals surface area contributed by atoms with Crippen LogP contribution < -0.4 is 9.80 Å². The first kappa shape index (κ1) is 32.3. The molecule has 0 aromatic heterocycles. The van der Waals surface area contributed by atoms with Crippen molar-refractivity contribution in [1.29, 1.82) is 0 Å². The highest BCUT2D eigenvalue weighted by molar-refractivity contribution is 6.37. The Bertz CT molecular complexity index is 1980. The summed E-state index contributed by atoms with van der Waals surface area (Å²) in [6.45, 7) is 2.00. The molecule has 4 aromatic rings. The van der Waals surface area contributed by atoms with Crippen molar-refractivity contribution in [2.45, 2.75) is 19.8 Å². The lowest BCUT2D eigenvalue weighted by Gasteiger charge is -2.59. The van der Waals surface area contributed by atoms with Gasteiger partial charge < -0.3 is 0 Å². The van der Waals surface area contributed by atoms with Gasteiger partial charge in [0.05, 0.1) is 35.0 Å². The van der Waals surface area contributed by atoms with Crippen molar-refractivity contribution in [2.75, 3.05) is 9.80 Å². The molecule has 10 heteroatoms. The van der Waals surface area contributed by atoms with E-state index in [0.29, 0.717) is 12.8 Å². The molecule has 9 rings (SSSR count). The quantitative estimate of drug-likeness (QED) is 0.186. The van der Waals surface area contributed by atoms with Gasteiger partial charge in [0.15, 0.2) is 0 Å². The van der Waals surface area contributed by atoms with Crippen LogP contribution in [-0.2, 0) is 19.2 Å². The number of benzene rings is 4. The largest absolute Gasteiger partial charge is 0.274 e. The molecule has 3 fully saturated rings. The average molecular weight is 730 g/mol. The summed E-state index contributed by atoms with van der Waals surface area (Å²) < 4.78 is 0. The maximum absolute atomic E-state index is 15.0. The minimum Gasteiger partial charge on any atom is -0.274 e. The summed E-state index contributed by atoms with van der Waals surface area (Å²) in [5.74, 6) is -6.30. The van der Waals surface area contributed by atoms with Crippen LogP contribution in [0.1, 0.15) is 30.9 Å². The number of amides is 4. The number of halogens is 4. The van der Waals surface area contributed by atoms with E-state index < -0.39 is 58.6 Å². The van der Waals surface area contributed by atoms with E-state index in [4.69, 9.17) is 46.4 Å². The molecular weight excluding hydrogens is 702 g/mol. The maximum Gasteiger partial charge on any atom is 0.238 e. The molecule has 0 spiro atoms. The predicted octanol–water partition coefficient (Wildman–Crippen LogP) is 9.25. The molecule has 2 aliphatic heterocycles. The second-order valence-electron chi connectivity index (χ2n) is 13.1. The van der Waals surface area contributed by atoms with Crippen molar-refractivity contribution in [2.24, 2.45) is 35.0 Å². The topological polar surface area (TPSA) is 74.8 Å². The summed E-state index contributed by atoms with van der Waals surface area (Å²) in [6, 6.07) is 28.6. The summed E-state index contributed by atoms with van der Waals surface area (Å²) in [4.78, 5) is 62.2. The number of carbonyl (C=O) groups is 4. The Balaban J connectivity index is 1.45. The lowest BCUT2D eigenvalue weighted by atomic mass is 9.40. The van der Waals surface area contributed by atoms with Crippen molar-refractivity contribution in [1.82, 2.24) is 0 Å². The van der Waals surface area contributed by atoms with Crippen LogP contribution in [0.4, 0.5) is 11.4 Å². The van der Waals surface area contributed by atoms with E-state index in [-0.39, 0.29) is 31.5 Å². The molecular formula is C39H28Cl4N2O4. The number of imide groups is 2. The Morgan fingerprint density at radius 3 is 1.37 bits per heavy atom. The Morgan fingerprint density at radius 2 is 0.959 bits per heavy atom. The van der Waals surface area contributed by atoms with Crippen LogP contribution in [0.3, 0.4) is 0 Å². The highest BCUT2D eigenvalue weighted by Crippen LogP contribution is 2.73. The molecule has 0 radical (unpaired) electrons. The average Bonchev–Trinajstić information content (AvgIpc) is 3.50. The van der Waals surface area contributed by atoms with Gasteiger partial charge >= 0.3 is 0 Å². The highest BCUT2D eigenvalue weighted by Gasteiger charge is 2.77. The van der Waals surface area contributed by atoms with Crippen LogP contribution in [0.5, 0.6) is 0 Å². The minimum atomic E-state index is -1.24. The Morgan fingerprint density at radius 1 is 0.551 bits per heavy atom. The Labute approximate surface area is 303 Å². The van der Waals surface area contributed by atoms with Crippen molar-refractivity contribution in [3.05, 3.63) is 128 Å². The van der Waals surface area contributed by atoms with Gasteiger partial charge in [-0.2, -0.15) is 0 Å². The monoisotopic (exact) mass is 728 g/mol. The normalized spacial score (nSPS) is 27.3. The number of nitrogens with zero attached hydrogens (tertiary/aromatic N) is 2. The Hall–Kier alpha value is -3.94. The van der Waals surface area contributed by atoms with E-state index in [1.54, 1.807) is 24.3 Å². The third kappa shape index (κ3) is 4.61. The molecule has 4 atom stereocenters. The number of rotatable bonds is 6. The van der Waals surface area contributed by atoms with Gasteiger partial charge in [0, 0.05) is 31.4 Å². The smallest absolute Gasteiger partial charge is 0.238 e. The third-order valence-electron chi connectivity index (χ3n) is 10.7. The van der Waals surface area contributed by atoms with Gasteiger partial charge in [-0.3, -0.25) is 19.2 Å². The number of allylic oxidation sites excluding steroid dienone is 2. The second-order valence-corrected chi connectivity index (χ2v) is 14.9. The van der Waals surface area contributed by atoms with E-state index in [2.05, 4.69) is 0 Å². The number of hydrogen-bond donors (Lipinski definition) is 0. The van der Waals surface area contributed by atoms with Gasteiger partial charge in [-0.1, -0.05) is 120 Å². The van der Waals surface area contributed by atoms with E-state index >= 15 is 9.59 Å². The summed E-state index contributed by atoms with van der Waals surface area (Å²) in [5, 5.41) is 1.09. The molecule has 0 N–H and O–H groups in total. The fourth-order valence-corrected chi connectivity index (χ4v) is 10.4. The first-order valence-electron chi connectivity index (χ1n) is 16.1. The van der Waals surface area contributed by atoms with Crippen LogP contribution in [0.2, 0.25) is 20.1 Å². The van der Waals surface area contributed by atoms with Crippen LogP contribution >= 0.6 is 46.4 Å². The molecule has 4 amide bonds. The lowest BCUT2D eigenvalue weighted by Crippen LogP contribution is -2.60. The van der Waals surface area contributed by atoms with Crippen LogP contribution in [-0.4, -0.2) is 23.6 Å². The Kier molecular flexibility index (Phi) is 7.80. The lowest BCUT2D eigenvalue weighted by molar-refractivity contribution is -0.145. The standard InChI is InChI=1S/C39H28Cl4N2O4/c1-2-13-39-32(21-11-7-4-8-12-21)28(20-9-5-3-6-10-20)29(30-33(39)37(48)44(35(30)46)26-16-22(40)14-23(41)17-26)31-34(39)38(49)45(36(31)47)27-18-24(42)15-25(43)19-27/h3-12,14-19,29-31,33-34H,2,13H2,1H3. The minimum absolute atomic E-state index is 0.258. The highest BCUT2D eigenvalue weighted by atomic mass is 35.5. The van der Waals surface area contributed by atoms with Gasteiger partial charge in [0.1, 0.15) is 0 Å². The molecule has 3 aliphatic carbocycles. The zero-order chi connectivity index (χ0) is 34.4. The molecule has 5 aliphatic rings. The molecule has 2 heterocycles. The first-order chi connectivity index (χ1) is 23.6. The fourth-order valence-electron chi connectivity index (χ4n) is 9.37. The van der Waals surface area contributed by atoms with Crippen LogP contribution in [0, 0.1) is 35.0 Å². The van der Waals surface area contributed by atoms with Gasteiger partial charge in [0.2, 0.25) is 23.6 Å². The zero-order valence-corrected chi connectivity index (χ0v) is 29.1. The first-order valence-corrected chi connectivity index (χ1v) is 17.6. The molecule has 6 nitrogen and oxygen atoms in total. The van der Waals surface area contributed by atoms with Gasteiger partial charge in [-0.25, -0.2) is 9.80 Å². The molecule has 246 valence electrons. The van der Waals surface area contributed by atoms with Crippen LogP contribution in [0.15, 0.2) is 97.1 Å². The van der Waals surface area contributed by atoms with E-state index in [0.717, 1.165) is 22.3 Å². The summed E-state index contributed by atoms with van der Waals surface area (Å²) >= 11 is 25.5. The van der Waals surface area contributed by atoms with E-state index in [1.165, 1.54) is 21.9 Å². The molecule has 1 saturated carbocycles. The molecule has 2 saturated heterocycles. The van der Waals surface area contributed by atoms with Gasteiger partial charge in [-0.15, -0.1) is 0 Å². The van der Waals surface area contributed by atoms with Crippen molar-refractivity contribution in [3.8, 4) is 0 Å². The third-order valence-corrected chi connectivity index (χ3v) is 11.5. The number of anilines is 2. The SMILES string of the molecule is CCCC12C(c3ccccc3)=C(c3ccccc3)C(C3C(=O)N(c4cc(Cl)cc(Cl)c4)C(=O)C31)C1C(=O)N(c3cc(Cl)cc(Cl)c3)C(=O)C12. The van der Waals surface area contributed by atoms with Crippen LogP contribution in [0.25, 0.3) is 11.1 Å². The summed E-state index contributed by atoms with van der Waals surface area (Å²) in [7, 11) is 0. The van der Waals surface area contributed by atoms with Gasteiger partial charge in [-0.05, 0) is 65.1 Å². The molecule has 4 aromatic carbocycles. The molecule has 2 bridgehead atoms. The number of hydrogen-bond acceptors (Lipinski definition) is 4.